The lowest BCUT2D eigenvalue weighted by molar-refractivity contribution is -0.117. The summed E-state index contributed by atoms with van der Waals surface area (Å²) in [5, 5.41) is 8.91. The summed E-state index contributed by atoms with van der Waals surface area (Å²) in [6.45, 7) is 2.78. The summed E-state index contributed by atoms with van der Waals surface area (Å²) in [5.41, 5.74) is 2.65. The van der Waals surface area contributed by atoms with Crippen LogP contribution in [0.1, 0.15) is 24.5 Å². The molecular formula is C14H16N2OS. The average molecular weight is 260 g/mol. The molecule has 1 amide bonds. The van der Waals surface area contributed by atoms with E-state index in [2.05, 4.69) is 18.7 Å². The number of carbonyl (C=O) groups is 1. The van der Waals surface area contributed by atoms with Crippen LogP contribution in [0.2, 0.25) is 0 Å². The second-order valence-electron chi connectivity index (χ2n) is 4.57. The van der Waals surface area contributed by atoms with E-state index >= 15 is 0 Å². The minimum atomic E-state index is 0.161. The lowest BCUT2D eigenvalue weighted by Crippen LogP contribution is -2.25. The van der Waals surface area contributed by atoms with E-state index in [0.717, 1.165) is 30.0 Å². The largest absolute Gasteiger partial charge is 0.312 e. The molecule has 1 aliphatic heterocycles. The Bertz CT molecular complexity index is 507. The molecular weight excluding hydrogens is 244 g/mol. The number of aryl methyl sites for hydroxylation is 1. The van der Waals surface area contributed by atoms with Crippen LogP contribution in [-0.2, 0) is 11.2 Å². The molecule has 1 aromatic rings. The predicted molar refractivity (Wildman–Crippen MR) is 74.8 cm³/mol. The Morgan fingerprint density at radius 1 is 1.56 bits per heavy atom. The SMILES string of the molecule is CCc1cc(C#N)ccc1N1CC(CS)CC1=O. The van der Waals surface area contributed by atoms with E-state index in [4.69, 9.17) is 5.26 Å². The zero-order valence-electron chi connectivity index (χ0n) is 10.4. The molecule has 1 fully saturated rings. The number of rotatable bonds is 3. The third-order valence-electron chi connectivity index (χ3n) is 3.34. The monoisotopic (exact) mass is 260 g/mol. The van der Waals surface area contributed by atoms with E-state index in [1.54, 1.807) is 6.07 Å². The van der Waals surface area contributed by atoms with Crippen LogP contribution >= 0.6 is 12.6 Å². The molecule has 1 aliphatic rings. The lowest BCUT2D eigenvalue weighted by Gasteiger charge is -2.20. The maximum Gasteiger partial charge on any atom is 0.227 e. The molecule has 4 heteroatoms. The van der Waals surface area contributed by atoms with E-state index in [0.29, 0.717) is 17.9 Å². The first-order valence-corrected chi connectivity index (χ1v) is 6.77. The van der Waals surface area contributed by atoms with E-state index in [9.17, 15) is 4.79 Å². The molecule has 0 aliphatic carbocycles. The summed E-state index contributed by atoms with van der Waals surface area (Å²) in [5.74, 6) is 1.23. The van der Waals surface area contributed by atoms with Crippen molar-refractivity contribution in [2.45, 2.75) is 19.8 Å². The van der Waals surface area contributed by atoms with Crippen molar-refractivity contribution in [3.8, 4) is 6.07 Å². The van der Waals surface area contributed by atoms with Crippen LogP contribution in [0.15, 0.2) is 18.2 Å². The Labute approximate surface area is 113 Å². The van der Waals surface area contributed by atoms with Crippen molar-refractivity contribution in [3.05, 3.63) is 29.3 Å². The summed E-state index contributed by atoms with van der Waals surface area (Å²) < 4.78 is 0. The number of nitrogens with zero attached hydrogens (tertiary/aromatic N) is 2. The fourth-order valence-electron chi connectivity index (χ4n) is 2.34. The van der Waals surface area contributed by atoms with Gasteiger partial charge in [0.25, 0.3) is 0 Å². The summed E-state index contributed by atoms with van der Waals surface area (Å²) in [6, 6.07) is 7.67. The molecule has 1 unspecified atom stereocenters. The zero-order chi connectivity index (χ0) is 13.1. The number of amides is 1. The highest BCUT2D eigenvalue weighted by Gasteiger charge is 2.30. The molecule has 2 rings (SSSR count). The Morgan fingerprint density at radius 3 is 2.89 bits per heavy atom. The maximum atomic E-state index is 12.0. The van der Waals surface area contributed by atoms with Crippen molar-refractivity contribution in [3.63, 3.8) is 0 Å². The second kappa shape index (κ2) is 5.45. The standard InChI is InChI=1S/C14H16N2OS/c1-2-12-5-10(7-15)3-4-13(12)16-8-11(9-18)6-14(16)17/h3-5,11,18H,2,6,8-9H2,1H3. The fraction of sp³-hybridized carbons (Fsp3) is 0.429. The molecule has 0 N–H and O–H groups in total. The normalized spacial score (nSPS) is 19.1. The van der Waals surface area contributed by atoms with E-state index in [-0.39, 0.29) is 5.91 Å². The first-order valence-electron chi connectivity index (χ1n) is 6.13. The highest BCUT2D eigenvalue weighted by Crippen LogP contribution is 2.29. The third-order valence-corrected chi connectivity index (χ3v) is 3.86. The summed E-state index contributed by atoms with van der Waals surface area (Å²) >= 11 is 4.27. The molecule has 94 valence electrons. The van der Waals surface area contributed by atoms with Crippen molar-refractivity contribution in [2.75, 3.05) is 17.2 Å². The van der Waals surface area contributed by atoms with E-state index < -0.39 is 0 Å². The Kier molecular flexibility index (Phi) is 3.93. The molecule has 18 heavy (non-hydrogen) atoms. The van der Waals surface area contributed by atoms with Gasteiger partial charge in [-0.05, 0) is 41.9 Å². The highest BCUT2D eigenvalue weighted by molar-refractivity contribution is 7.80. The van der Waals surface area contributed by atoms with Crippen LogP contribution in [0, 0.1) is 17.2 Å². The quantitative estimate of drug-likeness (QED) is 0.848. The van der Waals surface area contributed by atoms with Gasteiger partial charge in [0.2, 0.25) is 5.91 Å². The number of carbonyl (C=O) groups excluding carboxylic acids is 1. The highest BCUT2D eigenvalue weighted by atomic mass is 32.1. The van der Waals surface area contributed by atoms with E-state index in [1.807, 2.05) is 24.0 Å². The van der Waals surface area contributed by atoms with Gasteiger partial charge in [-0.1, -0.05) is 6.92 Å². The van der Waals surface area contributed by atoms with Crippen molar-refractivity contribution < 1.29 is 4.79 Å². The summed E-state index contributed by atoms with van der Waals surface area (Å²) in [4.78, 5) is 13.8. The van der Waals surface area contributed by atoms with Crippen molar-refractivity contribution in [1.29, 1.82) is 5.26 Å². The number of thiol groups is 1. The second-order valence-corrected chi connectivity index (χ2v) is 4.93. The molecule has 1 aromatic carbocycles. The van der Waals surface area contributed by atoms with Gasteiger partial charge in [0.05, 0.1) is 11.6 Å². The van der Waals surface area contributed by atoms with Crippen molar-refractivity contribution >= 4 is 24.2 Å². The van der Waals surface area contributed by atoms with Crippen LogP contribution in [0.4, 0.5) is 5.69 Å². The van der Waals surface area contributed by atoms with Crippen LogP contribution in [0.5, 0.6) is 0 Å². The molecule has 1 saturated heterocycles. The summed E-state index contributed by atoms with van der Waals surface area (Å²) in [6.07, 6.45) is 1.40. The first kappa shape index (κ1) is 13.0. The molecule has 0 radical (unpaired) electrons. The number of nitriles is 1. The predicted octanol–water partition coefficient (Wildman–Crippen LogP) is 2.40. The van der Waals surface area contributed by atoms with Crippen molar-refractivity contribution in [2.24, 2.45) is 5.92 Å². The van der Waals surface area contributed by atoms with Gasteiger partial charge in [0.1, 0.15) is 0 Å². The minimum absolute atomic E-state index is 0.161. The molecule has 1 atom stereocenters. The van der Waals surface area contributed by atoms with Gasteiger partial charge in [-0.3, -0.25) is 4.79 Å². The Morgan fingerprint density at radius 2 is 2.33 bits per heavy atom. The summed E-state index contributed by atoms with van der Waals surface area (Å²) in [7, 11) is 0. The first-order chi connectivity index (χ1) is 8.69. The average Bonchev–Trinajstić information content (AvgIpc) is 2.79. The van der Waals surface area contributed by atoms with E-state index in [1.165, 1.54) is 0 Å². The topological polar surface area (TPSA) is 44.1 Å². The lowest BCUT2D eigenvalue weighted by atomic mass is 10.1. The van der Waals surface area contributed by atoms with Crippen LogP contribution in [0.25, 0.3) is 0 Å². The van der Waals surface area contributed by atoms with Gasteiger partial charge in [0, 0.05) is 18.7 Å². The molecule has 1 heterocycles. The van der Waals surface area contributed by atoms with Gasteiger partial charge in [-0.15, -0.1) is 0 Å². The van der Waals surface area contributed by atoms with Gasteiger partial charge in [0.15, 0.2) is 0 Å². The van der Waals surface area contributed by atoms with Gasteiger partial charge in [-0.25, -0.2) is 0 Å². The molecule has 0 bridgehead atoms. The number of benzene rings is 1. The van der Waals surface area contributed by atoms with Crippen molar-refractivity contribution in [1.82, 2.24) is 0 Å². The zero-order valence-corrected chi connectivity index (χ0v) is 11.3. The van der Waals surface area contributed by atoms with Crippen LogP contribution < -0.4 is 4.90 Å². The number of hydrogen-bond acceptors (Lipinski definition) is 3. The minimum Gasteiger partial charge on any atom is -0.312 e. The molecule has 3 nitrogen and oxygen atoms in total. The number of anilines is 1. The Hall–Kier alpha value is -1.47. The van der Waals surface area contributed by atoms with Gasteiger partial charge < -0.3 is 4.90 Å². The van der Waals surface area contributed by atoms with Crippen LogP contribution in [-0.4, -0.2) is 18.2 Å². The fourth-order valence-corrected chi connectivity index (χ4v) is 2.58. The molecule has 0 aromatic heterocycles. The Balaban J connectivity index is 2.34. The third kappa shape index (κ3) is 2.37. The molecule has 0 spiro atoms. The molecule has 0 saturated carbocycles. The smallest absolute Gasteiger partial charge is 0.227 e. The van der Waals surface area contributed by atoms with Gasteiger partial charge in [-0.2, -0.15) is 17.9 Å². The maximum absolute atomic E-state index is 12.0. The van der Waals surface area contributed by atoms with Crippen LogP contribution in [0.3, 0.4) is 0 Å². The van der Waals surface area contributed by atoms with Gasteiger partial charge >= 0.3 is 0 Å². The number of hydrogen-bond donors (Lipinski definition) is 1.